The molecule has 1 saturated heterocycles. The highest BCUT2D eigenvalue weighted by Crippen LogP contribution is 2.32. The number of aliphatic hydroxyl groups excluding tert-OH is 1. The van der Waals surface area contributed by atoms with Crippen LogP contribution in [0.1, 0.15) is 25.5 Å². The highest BCUT2D eigenvalue weighted by molar-refractivity contribution is 7.91. The van der Waals surface area contributed by atoms with Gasteiger partial charge in [0.25, 0.3) is 10.0 Å². The Kier molecular flexibility index (Phi) is 4.52. The number of sulfonamides is 1. The predicted molar refractivity (Wildman–Crippen MR) is 75.0 cm³/mol. The van der Waals surface area contributed by atoms with Crippen molar-refractivity contribution in [3.05, 3.63) is 10.2 Å². The van der Waals surface area contributed by atoms with E-state index in [2.05, 4.69) is 4.98 Å². The first-order valence-corrected chi connectivity index (χ1v) is 8.77. The third kappa shape index (κ3) is 3.11. The molecule has 2 heterocycles. The topological polar surface area (TPSA) is 70.5 Å². The lowest BCUT2D eigenvalue weighted by Crippen LogP contribution is -2.40. The second-order valence-corrected chi connectivity index (χ2v) is 8.54. The number of halogens is 1. The molecular weight excluding hydrogens is 308 g/mol. The summed E-state index contributed by atoms with van der Waals surface area (Å²) in [6.45, 7) is 4.28. The van der Waals surface area contributed by atoms with Crippen LogP contribution in [0.15, 0.2) is 4.21 Å². The molecule has 108 valence electrons. The van der Waals surface area contributed by atoms with Crippen molar-refractivity contribution in [2.75, 3.05) is 13.1 Å². The maximum absolute atomic E-state index is 12.5. The summed E-state index contributed by atoms with van der Waals surface area (Å²) in [7, 11) is -3.50. The molecule has 0 bridgehead atoms. The van der Waals surface area contributed by atoms with Gasteiger partial charge in [0.1, 0.15) is 0 Å². The quantitative estimate of drug-likeness (QED) is 0.921. The molecule has 0 aliphatic carbocycles. The zero-order valence-corrected chi connectivity index (χ0v) is 13.2. The molecule has 0 saturated carbocycles. The summed E-state index contributed by atoms with van der Waals surface area (Å²) in [6.07, 6.45) is 0.981. The zero-order chi connectivity index (χ0) is 14.2. The minimum Gasteiger partial charge on any atom is -0.393 e. The van der Waals surface area contributed by atoms with Crippen molar-refractivity contribution >= 4 is 33.0 Å². The van der Waals surface area contributed by atoms with Gasteiger partial charge in [-0.2, -0.15) is 4.31 Å². The summed E-state index contributed by atoms with van der Waals surface area (Å²) in [4.78, 5) is 3.95. The summed E-state index contributed by atoms with van der Waals surface area (Å²) in [5.74, 6) is 0.178. The van der Waals surface area contributed by atoms with Crippen LogP contribution in [0.3, 0.4) is 0 Å². The van der Waals surface area contributed by atoms with Crippen LogP contribution in [0.4, 0.5) is 0 Å². The minimum absolute atomic E-state index is 0.178. The van der Waals surface area contributed by atoms with Crippen LogP contribution in [0.25, 0.3) is 0 Å². The van der Waals surface area contributed by atoms with Crippen molar-refractivity contribution in [2.24, 2.45) is 5.92 Å². The van der Waals surface area contributed by atoms with Gasteiger partial charge in [-0.15, -0.1) is 0 Å². The maximum Gasteiger partial charge on any atom is 0.254 e. The number of aryl methyl sites for hydroxylation is 1. The van der Waals surface area contributed by atoms with Crippen molar-refractivity contribution in [1.29, 1.82) is 0 Å². The molecule has 5 nitrogen and oxygen atoms in total. The van der Waals surface area contributed by atoms with Gasteiger partial charge in [0.2, 0.25) is 0 Å². The summed E-state index contributed by atoms with van der Waals surface area (Å²) in [5, 5.41) is 9.54. The number of aliphatic hydroxyl groups is 1. The number of aromatic nitrogens is 1. The fourth-order valence-corrected chi connectivity index (χ4v) is 5.65. The number of hydrogen-bond donors (Lipinski definition) is 1. The molecular formula is C11H17ClN2O3S2. The van der Waals surface area contributed by atoms with E-state index in [1.807, 2.05) is 0 Å². The van der Waals surface area contributed by atoms with Crippen LogP contribution >= 0.6 is 22.9 Å². The number of thiazole rings is 1. The first-order chi connectivity index (χ1) is 8.82. The lowest BCUT2D eigenvalue weighted by atomic mass is 9.93. The third-order valence-corrected chi connectivity index (χ3v) is 7.23. The van der Waals surface area contributed by atoms with E-state index in [9.17, 15) is 13.5 Å². The number of rotatable bonds is 3. The van der Waals surface area contributed by atoms with E-state index in [1.54, 1.807) is 13.8 Å². The van der Waals surface area contributed by atoms with Crippen LogP contribution in [0, 0.1) is 12.8 Å². The standard InChI is InChI=1S/C11H17ClN2O3S2/c1-7-10(18-11(12)13-7)19(16,17)14-5-3-9(4-6-14)8(2)15/h8-9,15H,3-6H2,1-2H3. The predicted octanol–water partition coefficient (Wildman–Crippen LogP) is 1.89. The van der Waals surface area contributed by atoms with Gasteiger partial charge in [-0.1, -0.05) is 22.9 Å². The van der Waals surface area contributed by atoms with Crippen molar-refractivity contribution in [3.63, 3.8) is 0 Å². The average Bonchev–Trinajstić information content (AvgIpc) is 2.69. The Morgan fingerprint density at radius 2 is 2.05 bits per heavy atom. The summed E-state index contributed by atoms with van der Waals surface area (Å²) in [5.41, 5.74) is 0.452. The molecule has 1 aliphatic rings. The molecule has 2 rings (SSSR count). The third-order valence-electron chi connectivity index (χ3n) is 3.48. The first-order valence-electron chi connectivity index (χ1n) is 6.13. The summed E-state index contributed by atoms with van der Waals surface area (Å²) in [6, 6.07) is 0. The molecule has 0 spiro atoms. The molecule has 1 aliphatic heterocycles. The minimum atomic E-state index is -3.50. The maximum atomic E-state index is 12.5. The lowest BCUT2D eigenvalue weighted by Gasteiger charge is -2.32. The van der Waals surface area contributed by atoms with Gasteiger partial charge < -0.3 is 5.11 Å². The van der Waals surface area contributed by atoms with E-state index < -0.39 is 10.0 Å². The fraction of sp³-hybridized carbons (Fsp3) is 0.727. The lowest BCUT2D eigenvalue weighted by molar-refractivity contribution is 0.0912. The van der Waals surface area contributed by atoms with E-state index in [0.29, 0.717) is 31.6 Å². The summed E-state index contributed by atoms with van der Waals surface area (Å²) >= 11 is 6.76. The first kappa shape index (κ1) is 15.2. The smallest absolute Gasteiger partial charge is 0.254 e. The van der Waals surface area contributed by atoms with Gasteiger partial charge >= 0.3 is 0 Å². The van der Waals surface area contributed by atoms with Crippen LogP contribution in [0.5, 0.6) is 0 Å². The fourth-order valence-electron chi connectivity index (χ4n) is 2.31. The second-order valence-electron chi connectivity index (χ2n) is 4.82. The molecule has 1 aromatic rings. The number of hydrogen-bond acceptors (Lipinski definition) is 5. The Morgan fingerprint density at radius 3 is 2.47 bits per heavy atom. The van der Waals surface area contributed by atoms with Crippen LogP contribution in [0.2, 0.25) is 4.47 Å². The monoisotopic (exact) mass is 324 g/mol. The van der Waals surface area contributed by atoms with E-state index in [1.165, 1.54) is 4.31 Å². The Hall–Kier alpha value is -0.210. The van der Waals surface area contributed by atoms with Gasteiger partial charge in [0.05, 0.1) is 11.8 Å². The van der Waals surface area contributed by atoms with E-state index in [0.717, 1.165) is 11.3 Å². The van der Waals surface area contributed by atoms with Crippen molar-refractivity contribution in [1.82, 2.24) is 9.29 Å². The van der Waals surface area contributed by atoms with Crippen LogP contribution in [-0.4, -0.2) is 42.0 Å². The summed E-state index contributed by atoms with van der Waals surface area (Å²) < 4.78 is 26.9. The van der Waals surface area contributed by atoms with Gasteiger partial charge in [0, 0.05) is 13.1 Å². The Balaban J connectivity index is 2.16. The van der Waals surface area contributed by atoms with Crippen molar-refractivity contribution in [2.45, 2.75) is 37.0 Å². The van der Waals surface area contributed by atoms with Crippen molar-refractivity contribution < 1.29 is 13.5 Å². The van der Waals surface area contributed by atoms with E-state index in [4.69, 9.17) is 11.6 Å². The van der Waals surface area contributed by atoms with Gasteiger partial charge in [-0.25, -0.2) is 13.4 Å². The SMILES string of the molecule is Cc1nc(Cl)sc1S(=O)(=O)N1CCC(C(C)O)CC1. The van der Waals surface area contributed by atoms with Gasteiger partial charge in [-0.05, 0) is 32.6 Å². The highest BCUT2D eigenvalue weighted by Gasteiger charge is 2.33. The molecule has 1 unspecified atom stereocenters. The zero-order valence-electron chi connectivity index (χ0n) is 10.8. The molecule has 1 aromatic heterocycles. The number of nitrogens with zero attached hydrogens (tertiary/aromatic N) is 2. The molecule has 19 heavy (non-hydrogen) atoms. The van der Waals surface area contributed by atoms with Crippen molar-refractivity contribution in [3.8, 4) is 0 Å². The Bertz CT molecular complexity index is 548. The highest BCUT2D eigenvalue weighted by atomic mass is 35.5. The molecule has 1 N–H and O–H groups in total. The van der Waals surface area contributed by atoms with Crippen LogP contribution in [-0.2, 0) is 10.0 Å². The molecule has 0 amide bonds. The molecule has 1 atom stereocenters. The molecule has 8 heteroatoms. The normalized spacial score (nSPS) is 20.6. The Labute approximate surface area is 122 Å². The number of piperidine rings is 1. The Morgan fingerprint density at radius 1 is 1.47 bits per heavy atom. The molecule has 0 radical (unpaired) electrons. The van der Waals surface area contributed by atoms with Gasteiger partial charge in [0.15, 0.2) is 8.68 Å². The van der Waals surface area contributed by atoms with Gasteiger partial charge in [-0.3, -0.25) is 0 Å². The van der Waals surface area contributed by atoms with E-state index in [-0.39, 0.29) is 20.7 Å². The second kappa shape index (κ2) is 5.65. The molecule has 1 fully saturated rings. The molecule has 0 aromatic carbocycles. The van der Waals surface area contributed by atoms with E-state index >= 15 is 0 Å². The van der Waals surface area contributed by atoms with Crippen LogP contribution < -0.4 is 0 Å². The largest absolute Gasteiger partial charge is 0.393 e. The average molecular weight is 325 g/mol.